The van der Waals surface area contributed by atoms with Crippen molar-refractivity contribution in [3.63, 3.8) is 0 Å². The lowest BCUT2D eigenvalue weighted by molar-refractivity contribution is -0.152. The van der Waals surface area contributed by atoms with Crippen molar-refractivity contribution < 1.29 is 27.6 Å². The van der Waals surface area contributed by atoms with E-state index in [1.807, 2.05) is 0 Å². The first-order valence-corrected chi connectivity index (χ1v) is 7.79. The van der Waals surface area contributed by atoms with Gasteiger partial charge in [-0.3, -0.25) is 9.59 Å². The Hall–Kier alpha value is -1.54. The Morgan fingerprint density at radius 2 is 1.60 bits per heavy atom. The van der Waals surface area contributed by atoms with Crippen LogP contribution in [0, 0.1) is 0 Å². The number of ether oxygens (including phenoxy) is 1. The van der Waals surface area contributed by atoms with Crippen LogP contribution in [0.5, 0.6) is 0 Å². The minimum atomic E-state index is -2.87. The molecule has 20 heavy (non-hydrogen) atoms. The average molecular weight is 296 g/mol. The quantitative estimate of drug-likeness (QED) is 0.443. The largest absolute Gasteiger partial charge is 0.536 e. The first-order chi connectivity index (χ1) is 9.56. The monoisotopic (exact) mass is 296 g/mol. The summed E-state index contributed by atoms with van der Waals surface area (Å²) in [5, 5.41) is 0.784. The van der Waals surface area contributed by atoms with E-state index in [-0.39, 0.29) is 6.42 Å². The van der Waals surface area contributed by atoms with E-state index < -0.39 is 26.7 Å². The highest BCUT2D eigenvalue weighted by molar-refractivity contribution is 6.75. The highest BCUT2D eigenvalue weighted by Gasteiger charge is 2.41. The molecule has 1 fully saturated rings. The molecule has 0 radical (unpaired) electrons. The third-order valence-corrected chi connectivity index (χ3v) is 6.00. The third kappa shape index (κ3) is 2.53. The van der Waals surface area contributed by atoms with Crippen LogP contribution in [-0.4, -0.2) is 42.1 Å². The lowest BCUT2D eigenvalue weighted by atomic mass is 9.98. The number of carbonyl (C=O) groups excluding carboxylic acids is 2. The van der Waals surface area contributed by atoms with Crippen LogP contribution in [0.2, 0.25) is 0 Å². The smallest absolute Gasteiger partial charge is 0.393 e. The first-order valence-electron chi connectivity index (χ1n) is 6.06. The van der Waals surface area contributed by atoms with Gasteiger partial charge in [-0.2, -0.15) is 0 Å². The Labute approximate surface area is 118 Å². The highest BCUT2D eigenvalue weighted by Crippen LogP contribution is 2.27. The molecule has 7 heteroatoms. The normalized spacial score (nSPS) is 19.2. The van der Waals surface area contributed by atoms with E-state index in [4.69, 9.17) is 13.3 Å². The van der Waals surface area contributed by atoms with Crippen LogP contribution >= 0.6 is 0 Å². The summed E-state index contributed by atoms with van der Waals surface area (Å²) in [6.07, 6.45) is 0.0829. The van der Waals surface area contributed by atoms with Gasteiger partial charge in [0.05, 0.1) is 12.3 Å². The Kier molecular flexibility index (Phi) is 4.34. The molecule has 2 rings (SSSR count). The molecule has 0 spiro atoms. The van der Waals surface area contributed by atoms with Gasteiger partial charge >= 0.3 is 20.7 Å². The maximum absolute atomic E-state index is 11.5. The van der Waals surface area contributed by atoms with Crippen LogP contribution in [0.1, 0.15) is 17.9 Å². The second-order valence-electron chi connectivity index (χ2n) is 4.34. The number of carbonyl (C=O) groups is 2. The van der Waals surface area contributed by atoms with Gasteiger partial charge in [0.15, 0.2) is 0 Å². The highest BCUT2D eigenvalue weighted by atomic mass is 28.4. The topological polar surface area (TPSA) is 71.1 Å². The van der Waals surface area contributed by atoms with Gasteiger partial charge in [-0.25, -0.2) is 0 Å². The average Bonchev–Trinajstić information content (AvgIpc) is 2.81. The summed E-state index contributed by atoms with van der Waals surface area (Å²) in [6, 6.07) is 7.10. The van der Waals surface area contributed by atoms with Crippen molar-refractivity contribution in [2.24, 2.45) is 0 Å². The summed E-state index contributed by atoms with van der Waals surface area (Å²) in [4.78, 5) is 22.6. The third-order valence-electron chi connectivity index (χ3n) is 3.34. The molecule has 1 saturated heterocycles. The van der Waals surface area contributed by atoms with Crippen LogP contribution < -0.4 is 5.19 Å². The molecule has 1 aliphatic heterocycles. The Morgan fingerprint density at radius 1 is 1.05 bits per heavy atom. The van der Waals surface area contributed by atoms with Crippen LogP contribution in [0.25, 0.3) is 0 Å². The molecular weight excluding hydrogens is 280 g/mol. The molecule has 0 N–H and O–H groups in total. The van der Waals surface area contributed by atoms with Gasteiger partial charge < -0.3 is 18.0 Å². The van der Waals surface area contributed by atoms with E-state index in [1.54, 1.807) is 24.3 Å². The maximum Gasteiger partial charge on any atom is 0.536 e. The van der Waals surface area contributed by atoms with Gasteiger partial charge in [-0.15, -0.1) is 0 Å². The molecule has 1 atom stereocenters. The molecule has 108 valence electrons. The van der Waals surface area contributed by atoms with Crippen molar-refractivity contribution in [2.45, 2.75) is 12.3 Å². The van der Waals surface area contributed by atoms with Crippen molar-refractivity contribution in [1.82, 2.24) is 0 Å². The fourth-order valence-corrected chi connectivity index (χ4v) is 4.03. The van der Waals surface area contributed by atoms with E-state index in [0.29, 0.717) is 0 Å². The Bertz CT molecular complexity index is 500. The minimum absolute atomic E-state index is 0.0829. The molecule has 0 bridgehead atoms. The summed E-state index contributed by atoms with van der Waals surface area (Å²) in [7, 11) is 1.71. The molecule has 1 heterocycles. The van der Waals surface area contributed by atoms with Crippen molar-refractivity contribution >= 4 is 25.9 Å². The van der Waals surface area contributed by atoms with Gasteiger partial charge in [0.2, 0.25) is 0 Å². The molecule has 1 unspecified atom stereocenters. The Morgan fingerprint density at radius 3 is 2.00 bits per heavy atom. The van der Waals surface area contributed by atoms with Crippen molar-refractivity contribution in [3.05, 3.63) is 29.8 Å². The summed E-state index contributed by atoms with van der Waals surface area (Å²) >= 11 is 0. The standard InChI is InChI=1S/C13H16O6Si/c1-16-20(17-2,18-3)10-6-4-9(5-7-10)11-8-12(14)19-13(11)15/h4-7,11H,8H2,1-3H3. The first kappa shape index (κ1) is 14.9. The molecule has 0 aromatic heterocycles. The predicted octanol–water partition coefficient (Wildman–Crippen LogP) is 0.329. The van der Waals surface area contributed by atoms with E-state index in [9.17, 15) is 9.59 Å². The predicted molar refractivity (Wildman–Crippen MR) is 71.3 cm³/mol. The molecule has 6 nitrogen and oxygen atoms in total. The maximum atomic E-state index is 11.5. The molecule has 1 aromatic rings. The zero-order chi connectivity index (χ0) is 14.8. The molecule has 1 aromatic carbocycles. The molecule has 1 aliphatic rings. The van der Waals surface area contributed by atoms with Crippen LogP contribution in [0.4, 0.5) is 0 Å². The molecule has 0 amide bonds. The van der Waals surface area contributed by atoms with Crippen molar-refractivity contribution in [2.75, 3.05) is 21.3 Å². The molecular formula is C13H16O6Si. The fourth-order valence-electron chi connectivity index (χ4n) is 2.25. The lowest BCUT2D eigenvalue weighted by Crippen LogP contribution is -2.54. The summed E-state index contributed by atoms with van der Waals surface area (Å²) < 4.78 is 20.7. The second-order valence-corrected chi connectivity index (χ2v) is 7.25. The van der Waals surface area contributed by atoms with Crippen LogP contribution in [0.15, 0.2) is 24.3 Å². The number of cyclic esters (lactones) is 2. The zero-order valence-corrected chi connectivity index (χ0v) is 12.5. The lowest BCUT2D eigenvalue weighted by Gasteiger charge is -2.24. The Balaban J connectivity index is 2.26. The SMILES string of the molecule is CO[Si](OC)(OC)c1ccc(C2CC(=O)OC2=O)cc1. The number of esters is 2. The second kappa shape index (κ2) is 5.84. The summed E-state index contributed by atoms with van der Waals surface area (Å²) in [5.41, 5.74) is 0.732. The van der Waals surface area contributed by atoms with Crippen molar-refractivity contribution in [3.8, 4) is 0 Å². The molecule has 0 aliphatic carbocycles. The van der Waals surface area contributed by atoms with E-state index in [0.717, 1.165) is 10.8 Å². The number of benzene rings is 1. The van der Waals surface area contributed by atoms with E-state index in [1.165, 1.54) is 21.3 Å². The van der Waals surface area contributed by atoms with Crippen LogP contribution in [0.3, 0.4) is 0 Å². The number of hydrogen-bond donors (Lipinski definition) is 0. The fraction of sp³-hybridized carbons (Fsp3) is 0.385. The minimum Gasteiger partial charge on any atom is -0.393 e. The number of rotatable bonds is 5. The summed E-state index contributed by atoms with van der Waals surface area (Å²) in [6.45, 7) is 0. The van der Waals surface area contributed by atoms with Gasteiger partial charge in [0.25, 0.3) is 0 Å². The number of hydrogen-bond acceptors (Lipinski definition) is 6. The van der Waals surface area contributed by atoms with Gasteiger partial charge in [-0.1, -0.05) is 24.3 Å². The van der Waals surface area contributed by atoms with E-state index >= 15 is 0 Å². The summed E-state index contributed by atoms with van der Waals surface area (Å²) in [5.74, 6) is -1.52. The van der Waals surface area contributed by atoms with Gasteiger partial charge in [0, 0.05) is 26.5 Å². The van der Waals surface area contributed by atoms with Crippen LogP contribution in [-0.2, 0) is 27.6 Å². The zero-order valence-electron chi connectivity index (χ0n) is 11.5. The van der Waals surface area contributed by atoms with Crippen molar-refractivity contribution in [1.29, 1.82) is 0 Å². The van der Waals surface area contributed by atoms with E-state index in [2.05, 4.69) is 4.74 Å². The molecule has 0 saturated carbocycles. The van der Waals surface area contributed by atoms with Gasteiger partial charge in [-0.05, 0) is 5.56 Å². The van der Waals surface area contributed by atoms with Gasteiger partial charge in [0.1, 0.15) is 0 Å².